The number of hydrogen-bond acceptors (Lipinski definition) is 7. The first-order valence-electron chi connectivity index (χ1n) is 11.2. The summed E-state index contributed by atoms with van der Waals surface area (Å²) in [6.07, 6.45) is 2.43. The van der Waals surface area contributed by atoms with Crippen LogP contribution >= 0.6 is 11.6 Å². The Morgan fingerprint density at radius 3 is 2.76 bits per heavy atom. The van der Waals surface area contributed by atoms with E-state index in [-0.39, 0.29) is 6.01 Å². The Kier molecular flexibility index (Phi) is 5.07. The average molecular weight is 465 g/mol. The lowest BCUT2D eigenvalue weighted by molar-refractivity contribution is 0.442. The summed E-state index contributed by atoms with van der Waals surface area (Å²) in [5, 5.41) is 15.6. The zero-order valence-electron chi connectivity index (χ0n) is 18.3. The quantitative estimate of drug-likeness (QED) is 0.333. The van der Waals surface area contributed by atoms with Gasteiger partial charge >= 0.3 is 6.01 Å². The van der Waals surface area contributed by atoms with E-state index in [4.69, 9.17) is 21.3 Å². The van der Waals surface area contributed by atoms with Crippen molar-refractivity contribution in [3.8, 4) is 11.8 Å². The molecule has 0 bridgehead atoms. The first kappa shape index (κ1) is 20.3. The lowest BCUT2D eigenvalue weighted by atomic mass is 10.2. The molecule has 6 rings (SSSR count). The number of H-pyrrole nitrogens is 2. The van der Waals surface area contributed by atoms with Gasteiger partial charge in [-0.2, -0.15) is 15.1 Å². The minimum absolute atomic E-state index is 0.236. The maximum atomic E-state index is 6.65. The van der Waals surface area contributed by atoms with Crippen LogP contribution in [-0.2, 0) is 0 Å². The van der Waals surface area contributed by atoms with Gasteiger partial charge in [0.05, 0.1) is 5.02 Å². The molecule has 1 aliphatic heterocycles. The van der Waals surface area contributed by atoms with Gasteiger partial charge in [-0.3, -0.25) is 5.10 Å². The van der Waals surface area contributed by atoms with Crippen LogP contribution in [0.25, 0.3) is 10.9 Å². The van der Waals surface area contributed by atoms with Gasteiger partial charge in [0.2, 0.25) is 0 Å². The summed E-state index contributed by atoms with van der Waals surface area (Å²) in [4.78, 5) is 14.8. The van der Waals surface area contributed by atoms with Crippen LogP contribution in [0.15, 0.2) is 30.3 Å². The van der Waals surface area contributed by atoms with Gasteiger partial charge in [-0.15, -0.1) is 0 Å². The molecule has 4 heterocycles. The summed E-state index contributed by atoms with van der Waals surface area (Å²) < 4.78 is 6.11. The minimum Gasteiger partial charge on any atom is -0.423 e. The number of aryl methyl sites for hydroxylation is 1. The molecule has 2 fully saturated rings. The Morgan fingerprint density at radius 2 is 1.94 bits per heavy atom. The topological polar surface area (TPSA) is 107 Å². The Bertz CT molecular complexity index is 1310. The Hall–Kier alpha value is -3.30. The third-order valence-electron chi connectivity index (χ3n) is 6.04. The van der Waals surface area contributed by atoms with Gasteiger partial charge in [-0.05, 0) is 38.0 Å². The van der Waals surface area contributed by atoms with Crippen LogP contribution in [-0.4, -0.2) is 51.3 Å². The monoisotopic (exact) mass is 464 g/mol. The number of ether oxygens (including phenoxy) is 1. The van der Waals surface area contributed by atoms with Crippen molar-refractivity contribution in [2.24, 2.45) is 0 Å². The SMILES string of the molecule is Cc1cc2c(Cl)c(Oc3nc(Nc4cc(C5CC5)[nH]n4)cc(N4CCNCC4)n3)ccc2[nH]1. The predicted molar refractivity (Wildman–Crippen MR) is 129 cm³/mol. The molecule has 1 saturated carbocycles. The molecule has 1 saturated heterocycles. The van der Waals surface area contributed by atoms with Crippen molar-refractivity contribution in [1.82, 2.24) is 30.5 Å². The molecule has 1 aromatic carbocycles. The third-order valence-corrected chi connectivity index (χ3v) is 6.43. The molecule has 9 nitrogen and oxygen atoms in total. The second-order valence-corrected chi connectivity index (χ2v) is 9.01. The maximum Gasteiger partial charge on any atom is 0.325 e. The molecule has 0 unspecified atom stereocenters. The van der Waals surface area contributed by atoms with Crippen molar-refractivity contribution in [3.63, 3.8) is 0 Å². The van der Waals surface area contributed by atoms with Crippen molar-refractivity contribution in [3.05, 3.63) is 46.7 Å². The van der Waals surface area contributed by atoms with Crippen LogP contribution in [0, 0.1) is 6.92 Å². The molecule has 4 aromatic rings. The highest BCUT2D eigenvalue weighted by atomic mass is 35.5. The number of rotatable bonds is 6. The van der Waals surface area contributed by atoms with E-state index in [9.17, 15) is 0 Å². The van der Waals surface area contributed by atoms with Crippen LogP contribution in [0.2, 0.25) is 5.02 Å². The first-order chi connectivity index (χ1) is 16.1. The fourth-order valence-corrected chi connectivity index (χ4v) is 4.44. The molecule has 0 atom stereocenters. The summed E-state index contributed by atoms with van der Waals surface area (Å²) in [6.45, 7) is 5.53. The van der Waals surface area contributed by atoms with Gasteiger partial charge in [0.25, 0.3) is 0 Å². The normalized spacial score (nSPS) is 16.4. The molecule has 4 N–H and O–H groups in total. The number of benzene rings is 1. The van der Waals surface area contributed by atoms with Crippen molar-refractivity contribution >= 4 is 40.0 Å². The molecule has 1 aliphatic carbocycles. The van der Waals surface area contributed by atoms with Crippen molar-refractivity contribution < 1.29 is 4.74 Å². The maximum absolute atomic E-state index is 6.65. The lowest BCUT2D eigenvalue weighted by Gasteiger charge is -2.28. The second-order valence-electron chi connectivity index (χ2n) is 8.63. The van der Waals surface area contributed by atoms with E-state index >= 15 is 0 Å². The average Bonchev–Trinajstić information content (AvgIpc) is 3.45. The lowest BCUT2D eigenvalue weighted by Crippen LogP contribution is -2.43. The zero-order chi connectivity index (χ0) is 22.4. The molecule has 0 amide bonds. The second kappa shape index (κ2) is 8.24. The van der Waals surface area contributed by atoms with Gasteiger partial charge in [-0.25, -0.2) is 0 Å². The van der Waals surface area contributed by atoms with Crippen LogP contribution in [0.4, 0.5) is 17.5 Å². The first-order valence-corrected chi connectivity index (χ1v) is 11.6. The van der Waals surface area contributed by atoms with E-state index in [0.717, 1.165) is 60.1 Å². The number of anilines is 3. The molecule has 0 spiro atoms. The summed E-state index contributed by atoms with van der Waals surface area (Å²) in [6, 6.07) is 10.0. The summed E-state index contributed by atoms with van der Waals surface area (Å²) in [7, 11) is 0. The number of nitrogens with one attached hydrogen (secondary N) is 4. The van der Waals surface area contributed by atoms with Crippen molar-refractivity contribution in [1.29, 1.82) is 0 Å². The molecule has 3 aromatic heterocycles. The molecular formula is C23H25ClN8O. The summed E-state index contributed by atoms with van der Waals surface area (Å²) in [5.74, 6) is 3.27. The molecule has 2 aliphatic rings. The predicted octanol–water partition coefficient (Wildman–Crippen LogP) is 4.47. The van der Waals surface area contributed by atoms with Gasteiger partial charge in [0.1, 0.15) is 17.4 Å². The molecule has 0 radical (unpaired) electrons. The number of halogens is 1. The molecular weight excluding hydrogens is 440 g/mol. The zero-order valence-corrected chi connectivity index (χ0v) is 19.0. The van der Waals surface area contributed by atoms with Gasteiger partial charge in [0, 0.05) is 66.5 Å². The van der Waals surface area contributed by atoms with Crippen molar-refractivity contribution in [2.75, 3.05) is 36.4 Å². The van der Waals surface area contributed by atoms with Crippen LogP contribution < -0.4 is 20.3 Å². The molecule has 170 valence electrons. The number of piperazine rings is 1. The van der Waals surface area contributed by atoms with E-state index in [1.165, 1.54) is 12.8 Å². The van der Waals surface area contributed by atoms with E-state index in [1.807, 2.05) is 37.3 Å². The van der Waals surface area contributed by atoms with E-state index in [0.29, 0.717) is 22.5 Å². The van der Waals surface area contributed by atoms with E-state index < -0.39 is 0 Å². The molecule has 33 heavy (non-hydrogen) atoms. The largest absolute Gasteiger partial charge is 0.423 e. The fourth-order valence-electron chi connectivity index (χ4n) is 4.18. The number of nitrogens with zero attached hydrogens (tertiary/aromatic N) is 4. The smallest absolute Gasteiger partial charge is 0.325 e. The van der Waals surface area contributed by atoms with Crippen LogP contribution in [0.5, 0.6) is 11.8 Å². The standard InChI is InChI=1S/C23H25ClN8O/c1-13-10-15-16(26-13)4-5-18(22(15)24)33-23-28-19(12-21(29-23)32-8-6-25-7-9-32)27-20-11-17(30-31-20)14-2-3-14/h4-5,10-12,14,25-26H,2-3,6-9H2,1H3,(H2,27,28,29,30,31). The van der Waals surface area contributed by atoms with Crippen LogP contribution in [0.1, 0.15) is 30.1 Å². The van der Waals surface area contributed by atoms with E-state index in [1.54, 1.807) is 0 Å². The van der Waals surface area contributed by atoms with Gasteiger partial charge in [0.15, 0.2) is 5.82 Å². The Morgan fingerprint density at radius 1 is 1.09 bits per heavy atom. The van der Waals surface area contributed by atoms with Gasteiger partial charge in [-0.1, -0.05) is 11.6 Å². The highest BCUT2D eigenvalue weighted by Crippen LogP contribution is 2.40. The van der Waals surface area contributed by atoms with Gasteiger partial charge < -0.3 is 25.3 Å². The highest BCUT2D eigenvalue weighted by Gasteiger charge is 2.25. The Labute approximate surface area is 195 Å². The third kappa shape index (κ3) is 4.21. The summed E-state index contributed by atoms with van der Waals surface area (Å²) >= 11 is 6.65. The number of fused-ring (bicyclic) bond motifs is 1. The highest BCUT2D eigenvalue weighted by molar-refractivity contribution is 6.37. The minimum atomic E-state index is 0.236. The summed E-state index contributed by atoms with van der Waals surface area (Å²) in [5.41, 5.74) is 3.16. The van der Waals surface area contributed by atoms with Crippen molar-refractivity contribution in [2.45, 2.75) is 25.7 Å². The molecule has 10 heteroatoms. The Balaban J connectivity index is 1.33. The van der Waals surface area contributed by atoms with E-state index in [2.05, 4.69) is 35.7 Å². The van der Waals surface area contributed by atoms with Crippen LogP contribution in [0.3, 0.4) is 0 Å². The number of aromatic amines is 2. The number of aromatic nitrogens is 5. The number of hydrogen-bond donors (Lipinski definition) is 4. The fraction of sp³-hybridized carbons (Fsp3) is 0.348.